The average molecular weight is 406 g/mol. The Labute approximate surface area is 179 Å². The van der Waals surface area contributed by atoms with E-state index in [1.54, 1.807) is 4.90 Å². The van der Waals surface area contributed by atoms with E-state index in [1.165, 1.54) is 5.56 Å². The molecule has 0 radical (unpaired) electrons. The molecule has 2 aromatic rings. The smallest absolute Gasteiger partial charge is 0.257 e. The lowest BCUT2D eigenvalue weighted by Crippen LogP contribution is -2.43. The maximum absolute atomic E-state index is 12.9. The second-order valence-electron chi connectivity index (χ2n) is 8.75. The Morgan fingerprint density at radius 2 is 1.67 bits per heavy atom. The van der Waals surface area contributed by atoms with E-state index in [-0.39, 0.29) is 17.6 Å². The maximum atomic E-state index is 12.9. The van der Waals surface area contributed by atoms with Crippen molar-refractivity contribution in [3.05, 3.63) is 71.3 Å². The summed E-state index contributed by atoms with van der Waals surface area (Å²) in [6.07, 6.45) is 2.40. The number of ketones is 1. The zero-order chi connectivity index (χ0) is 21.7. The molecule has 5 heteroatoms. The third-order valence-corrected chi connectivity index (χ3v) is 5.45. The van der Waals surface area contributed by atoms with Crippen LogP contribution in [0, 0.1) is 5.92 Å². The lowest BCUT2D eigenvalue weighted by atomic mass is 9.91. The van der Waals surface area contributed by atoms with Gasteiger partial charge in [0.1, 0.15) is 11.3 Å². The summed E-state index contributed by atoms with van der Waals surface area (Å²) in [5.41, 5.74) is 8.41. The SMILES string of the molecule is CC(C)CC1(C)N=C(N)N(Cc2ccc(CC(=O)CCc3ccccc3)cc2)C1=O. The highest BCUT2D eigenvalue weighted by atomic mass is 16.2. The molecular weight excluding hydrogens is 374 g/mol. The summed E-state index contributed by atoms with van der Waals surface area (Å²) in [6, 6.07) is 17.9. The lowest BCUT2D eigenvalue weighted by molar-refractivity contribution is -0.131. The molecule has 1 aliphatic heterocycles. The Kier molecular flexibility index (Phi) is 6.70. The molecule has 3 rings (SSSR count). The van der Waals surface area contributed by atoms with Crippen molar-refractivity contribution in [2.45, 2.75) is 58.5 Å². The summed E-state index contributed by atoms with van der Waals surface area (Å²) in [7, 11) is 0. The number of aliphatic imine (C=N–C) groups is 1. The van der Waals surface area contributed by atoms with Gasteiger partial charge in [-0.2, -0.15) is 0 Å². The van der Waals surface area contributed by atoms with Crippen molar-refractivity contribution in [2.75, 3.05) is 0 Å². The summed E-state index contributed by atoms with van der Waals surface area (Å²) in [5, 5.41) is 0. The van der Waals surface area contributed by atoms with E-state index in [0.29, 0.717) is 31.7 Å². The number of hydrogen-bond donors (Lipinski definition) is 1. The summed E-state index contributed by atoms with van der Waals surface area (Å²) in [4.78, 5) is 31.2. The van der Waals surface area contributed by atoms with Crippen LogP contribution in [0.15, 0.2) is 59.6 Å². The van der Waals surface area contributed by atoms with Gasteiger partial charge in [0.25, 0.3) is 5.91 Å². The molecule has 158 valence electrons. The first-order valence-electron chi connectivity index (χ1n) is 10.6. The van der Waals surface area contributed by atoms with Crippen molar-refractivity contribution >= 4 is 17.6 Å². The Morgan fingerprint density at radius 3 is 2.30 bits per heavy atom. The second kappa shape index (κ2) is 9.24. The Hall–Kier alpha value is -2.95. The number of nitrogens with two attached hydrogens (primary N) is 1. The molecule has 1 atom stereocenters. The zero-order valence-corrected chi connectivity index (χ0v) is 18.1. The molecule has 0 bridgehead atoms. The van der Waals surface area contributed by atoms with Crippen molar-refractivity contribution in [3.8, 4) is 0 Å². The summed E-state index contributed by atoms with van der Waals surface area (Å²) >= 11 is 0. The van der Waals surface area contributed by atoms with Gasteiger partial charge in [-0.1, -0.05) is 68.4 Å². The van der Waals surface area contributed by atoms with Crippen LogP contribution in [0.5, 0.6) is 0 Å². The number of amides is 1. The average Bonchev–Trinajstić information content (AvgIpc) is 2.90. The highest BCUT2D eigenvalue weighted by Gasteiger charge is 2.43. The zero-order valence-electron chi connectivity index (χ0n) is 18.1. The molecule has 0 fully saturated rings. The van der Waals surface area contributed by atoms with E-state index in [4.69, 9.17) is 5.73 Å². The topological polar surface area (TPSA) is 75.8 Å². The molecule has 5 nitrogen and oxygen atoms in total. The van der Waals surface area contributed by atoms with Gasteiger partial charge in [-0.15, -0.1) is 0 Å². The molecule has 1 heterocycles. The van der Waals surface area contributed by atoms with E-state index in [2.05, 4.69) is 18.8 Å². The predicted molar refractivity (Wildman–Crippen MR) is 120 cm³/mol. The quantitative estimate of drug-likeness (QED) is 0.688. The fourth-order valence-electron chi connectivity index (χ4n) is 4.03. The van der Waals surface area contributed by atoms with Crippen LogP contribution in [-0.2, 0) is 29.0 Å². The van der Waals surface area contributed by atoms with Gasteiger partial charge in [0.2, 0.25) is 0 Å². The van der Waals surface area contributed by atoms with Crippen molar-refractivity contribution in [1.29, 1.82) is 0 Å². The number of Topliss-reactive ketones (excluding diaryl/α,β-unsaturated/α-hetero) is 1. The Balaban J connectivity index is 1.55. The molecule has 0 spiro atoms. The second-order valence-corrected chi connectivity index (χ2v) is 8.75. The highest BCUT2D eigenvalue weighted by molar-refractivity contribution is 6.06. The van der Waals surface area contributed by atoms with Gasteiger partial charge in [-0.25, -0.2) is 4.99 Å². The third kappa shape index (κ3) is 5.35. The molecule has 30 heavy (non-hydrogen) atoms. The van der Waals surface area contributed by atoms with E-state index < -0.39 is 5.54 Å². The largest absolute Gasteiger partial charge is 0.369 e. The number of nitrogens with zero attached hydrogens (tertiary/aromatic N) is 2. The normalized spacial score (nSPS) is 18.7. The van der Waals surface area contributed by atoms with E-state index in [1.807, 2.05) is 61.5 Å². The predicted octanol–water partition coefficient (Wildman–Crippen LogP) is 3.89. The first kappa shape index (κ1) is 21.8. The minimum absolute atomic E-state index is 0.0473. The van der Waals surface area contributed by atoms with Crippen LogP contribution in [-0.4, -0.2) is 28.1 Å². The van der Waals surface area contributed by atoms with Gasteiger partial charge in [-0.05, 0) is 42.4 Å². The molecule has 0 saturated heterocycles. The fraction of sp³-hybridized carbons (Fsp3) is 0.400. The first-order valence-corrected chi connectivity index (χ1v) is 10.6. The van der Waals surface area contributed by atoms with Crippen molar-refractivity contribution in [3.63, 3.8) is 0 Å². The monoisotopic (exact) mass is 405 g/mol. The van der Waals surface area contributed by atoms with Crippen molar-refractivity contribution < 1.29 is 9.59 Å². The van der Waals surface area contributed by atoms with Gasteiger partial charge in [0.15, 0.2) is 5.96 Å². The van der Waals surface area contributed by atoms with Crippen LogP contribution in [0.2, 0.25) is 0 Å². The third-order valence-electron chi connectivity index (χ3n) is 5.45. The van der Waals surface area contributed by atoms with Crippen molar-refractivity contribution in [2.24, 2.45) is 16.6 Å². The van der Waals surface area contributed by atoms with Crippen LogP contribution < -0.4 is 5.73 Å². The standard InChI is InChI=1S/C25H31N3O2/c1-18(2)16-25(3)23(30)28(24(26)27-25)17-21-11-9-20(10-12-21)15-22(29)14-13-19-7-5-4-6-8-19/h4-12,18H,13-17H2,1-3H3,(H2,26,27). The number of hydrogen-bond acceptors (Lipinski definition) is 4. The molecule has 1 aliphatic rings. The van der Waals surface area contributed by atoms with Crippen LogP contribution in [0.25, 0.3) is 0 Å². The van der Waals surface area contributed by atoms with Gasteiger partial charge >= 0.3 is 0 Å². The van der Waals surface area contributed by atoms with Gasteiger partial charge in [0, 0.05) is 12.8 Å². The molecule has 0 saturated carbocycles. The van der Waals surface area contributed by atoms with Gasteiger partial charge in [-0.3, -0.25) is 14.5 Å². The summed E-state index contributed by atoms with van der Waals surface area (Å²) in [5.74, 6) is 0.813. The van der Waals surface area contributed by atoms with Crippen LogP contribution in [0.1, 0.15) is 50.3 Å². The summed E-state index contributed by atoms with van der Waals surface area (Å²) in [6.45, 7) is 6.40. The minimum Gasteiger partial charge on any atom is -0.369 e. The number of aryl methyl sites for hydroxylation is 1. The first-order chi connectivity index (χ1) is 14.3. The number of carbonyl (C=O) groups excluding carboxylic acids is 2. The van der Waals surface area contributed by atoms with E-state index >= 15 is 0 Å². The Bertz CT molecular complexity index is 919. The molecule has 0 aromatic heterocycles. The van der Waals surface area contributed by atoms with Crippen LogP contribution in [0.3, 0.4) is 0 Å². The highest BCUT2D eigenvalue weighted by Crippen LogP contribution is 2.29. The van der Waals surface area contributed by atoms with E-state index in [9.17, 15) is 9.59 Å². The van der Waals surface area contributed by atoms with Crippen LogP contribution in [0.4, 0.5) is 0 Å². The minimum atomic E-state index is -0.774. The molecule has 1 unspecified atom stereocenters. The lowest BCUT2D eigenvalue weighted by Gasteiger charge is -2.23. The van der Waals surface area contributed by atoms with Crippen molar-refractivity contribution in [1.82, 2.24) is 4.90 Å². The number of guanidine groups is 1. The van der Waals surface area contributed by atoms with Gasteiger partial charge < -0.3 is 5.73 Å². The number of carbonyl (C=O) groups is 2. The van der Waals surface area contributed by atoms with Gasteiger partial charge in [0.05, 0.1) is 6.54 Å². The maximum Gasteiger partial charge on any atom is 0.257 e. The molecular formula is C25H31N3O2. The van der Waals surface area contributed by atoms with E-state index in [0.717, 1.165) is 17.5 Å². The fourth-order valence-corrected chi connectivity index (χ4v) is 4.03. The summed E-state index contributed by atoms with van der Waals surface area (Å²) < 4.78 is 0. The molecule has 2 aromatic carbocycles. The molecule has 0 aliphatic carbocycles. The van der Waals surface area contributed by atoms with Crippen LogP contribution >= 0.6 is 0 Å². The number of benzene rings is 2. The number of rotatable bonds is 9. The molecule has 1 amide bonds. The Morgan fingerprint density at radius 1 is 1.03 bits per heavy atom. The molecule has 2 N–H and O–H groups in total.